The largest absolute Gasteiger partial charge is 0.398 e. The van der Waals surface area contributed by atoms with Gasteiger partial charge in [0.25, 0.3) is 5.91 Å². The highest BCUT2D eigenvalue weighted by atomic mass is 32.1. The Hall–Kier alpha value is -1.24. The summed E-state index contributed by atoms with van der Waals surface area (Å²) in [5, 5.41) is 2.57. The van der Waals surface area contributed by atoms with Gasteiger partial charge in [-0.1, -0.05) is 0 Å². The Bertz CT molecular complexity index is 395. The first-order valence-electron chi connectivity index (χ1n) is 5.50. The Morgan fingerprint density at radius 2 is 2.11 bits per heavy atom. The molecule has 1 heterocycles. The zero-order valence-corrected chi connectivity index (χ0v) is 10.8. The second kappa shape index (κ2) is 6.08. The van der Waals surface area contributed by atoms with Gasteiger partial charge < -0.3 is 11.1 Å². The summed E-state index contributed by atoms with van der Waals surface area (Å²) < 4.78 is 35.6. The van der Waals surface area contributed by atoms with Gasteiger partial charge >= 0.3 is 6.18 Å². The molecule has 0 saturated carbocycles. The lowest BCUT2D eigenvalue weighted by atomic mass is 10.2. The molecule has 0 radical (unpaired) electrons. The van der Waals surface area contributed by atoms with Gasteiger partial charge in [0.2, 0.25) is 0 Å². The van der Waals surface area contributed by atoms with Gasteiger partial charge in [0, 0.05) is 23.5 Å². The zero-order chi connectivity index (χ0) is 13.8. The van der Waals surface area contributed by atoms with E-state index >= 15 is 0 Å². The number of carbonyl (C=O) groups excluding carboxylic acids is 1. The lowest BCUT2D eigenvalue weighted by molar-refractivity contribution is -0.135. The average Bonchev–Trinajstić information content (AvgIpc) is 2.57. The molecular formula is C11H15F3N2OS. The normalized spacial score (nSPS) is 11.6. The lowest BCUT2D eigenvalue weighted by Crippen LogP contribution is -2.23. The monoisotopic (exact) mass is 280 g/mol. The van der Waals surface area contributed by atoms with E-state index < -0.39 is 12.6 Å². The predicted octanol–water partition coefficient (Wildman–Crippen LogP) is 3.10. The fourth-order valence-corrected chi connectivity index (χ4v) is 2.20. The van der Waals surface area contributed by atoms with E-state index in [0.29, 0.717) is 17.0 Å². The van der Waals surface area contributed by atoms with Crippen LogP contribution in [0.4, 0.5) is 18.9 Å². The number of carbonyl (C=O) groups is 1. The van der Waals surface area contributed by atoms with E-state index in [1.165, 1.54) is 11.3 Å². The summed E-state index contributed by atoms with van der Waals surface area (Å²) in [6.07, 6.45) is -4.60. The third kappa shape index (κ3) is 4.95. The Labute approximate surface area is 107 Å². The van der Waals surface area contributed by atoms with Crippen molar-refractivity contribution in [1.82, 2.24) is 5.32 Å². The van der Waals surface area contributed by atoms with Crippen molar-refractivity contribution in [3.63, 3.8) is 0 Å². The van der Waals surface area contributed by atoms with Crippen LogP contribution < -0.4 is 11.1 Å². The number of nitrogens with one attached hydrogen (secondary N) is 1. The van der Waals surface area contributed by atoms with E-state index in [4.69, 9.17) is 5.73 Å². The number of anilines is 1. The van der Waals surface area contributed by atoms with Crippen LogP contribution in [-0.4, -0.2) is 18.6 Å². The number of aryl methyl sites for hydroxylation is 1. The summed E-state index contributed by atoms with van der Waals surface area (Å²) in [7, 11) is 0. The number of amides is 1. The fourth-order valence-electron chi connectivity index (χ4n) is 1.35. The molecule has 0 aromatic carbocycles. The van der Waals surface area contributed by atoms with Gasteiger partial charge in [-0.3, -0.25) is 4.79 Å². The highest BCUT2D eigenvalue weighted by Crippen LogP contribution is 2.23. The van der Waals surface area contributed by atoms with Gasteiger partial charge in [0.15, 0.2) is 0 Å². The van der Waals surface area contributed by atoms with Crippen LogP contribution in [0.3, 0.4) is 0 Å². The number of hydrogen-bond acceptors (Lipinski definition) is 3. The van der Waals surface area contributed by atoms with Crippen molar-refractivity contribution in [1.29, 1.82) is 0 Å². The summed E-state index contributed by atoms with van der Waals surface area (Å²) in [5.41, 5.74) is 6.17. The molecular weight excluding hydrogens is 265 g/mol. The van der Waals surface area contributed by atoms with E-state index in [-0.39, 0.29) is 18.9 Å². The average molecular weight is 280 g/mol. The topological polar surface area (TPSA) is 55.1 Å². The molecule has 7 heteroatoms. The van der Waals surface area contributed by atoms with Crippen molar-refractivity contribution in [2.24, 2.45) is 0 Å². The van der Waals surface area contributed by atoms with E-state index in [1.807, 2.05) is 0 Å². The van der Waals surface area contributed by atoms with E-state index in [1.54, 1.807) is 13.0 Å². The highest BCUT2D eigenvalue weighted by Gasteiger charge is 2.25. The molecule has 1 aromatic rings. The first-order chi connectivity index (χ1) is 8.29. The Kier molecular flexibility index (Phi) is 5.01. The van der Waals surface area contributed by atoms with Crippen LogP contribution in [0.2, 0.25) is 0 Å². The molecule has 0 unspecified atom stereocenters. The second-order valence-corrected chi connectivity index (χ2v) is 5.21. The van der Waals surface area contributed by atoms with Crippen molar-refractivity contribution in [3.05, 3.63) is 15.8 Å². The van der Waals surface area contributed by atoms with Crippen LogP contribution in [0.5, 0.6) is 0 Å². The summed E-state index contributed by atoms with van der Waals surface area (Å²) in [6, 6.07) is 1.57. The molecule has 3 nitrogen and oxygen atoms in total. The van der Waals surface area contributed by atoms with Crippen LogP contribution in [0, 0.1) is 6.92 Å². The SMILES string of the molecule is Cc1sc(C(=O)NCCCCC(F)(F)F)cc1N. The number of hydrogen-bond donors (Lipinski definition) is 2. The summed E-state index contributed by atoms with van der Waals surface area (Å²) in [4.78, 5) is 12.9. The molecule has 0 aliphatic heterocycles. The molecule has 1 rings (SSSR count). The minimum Gasteiger partial charge on any atom is -0.398 e. The number of nitrogen functional groups attached to an aromatic ring is 1. The predicted molar refractivity (Wildman–Crippen MR) is 65.7 cm³/mol. The summed E-state index contributed by atoms with van der Waals surface area (Å²) in [5.74, 6) is -0.285. The molecule has 0 bridgehead atoms. The third-order valence-corrected chi connectivity index (χ3v) is 3.42. The standard InChI is InChI=1S/C11H15F3N2OS/c1-7-8(15)6-9(18-7)10(17)16-5-3-2-4-11(12,13)14/h6H,2-5,15H2,1H3,(H,16,17). The minimum absolute atomic E-state index is 0.0232. The van der Waals surface area contributed by atoms with Crippen molar-refractivity contribution >= 4 is 22.9 Å². The quantitative estimate of drug-likeness (QED) is 0.814. The first kappa shape index (κ1) is 14.8. The summed E-state index contributed by atoms with van der Waals surface area (Å²) >= 11 is 1.27. The van der Waals surface area contributed by atoms with Crippen molar-refractivity contribution in [3.8, 4) is 0 Å². The molecule has 102 valence electrons. The van der Waals surface area contributed by atoms with Gasteiger partial charge in [-0.15, -0.1) is 11.3 Å². The second-order valence-electron chi connectivity index (χ2n) is 3.95. The molecule has 1 aromatic heterocycles. The van der Waals surface area contributed by atoms with Crippen LogP contribution in [0.15, 0.2) is 6.07 Å². The number of thiophene rings is 1. The van der Waals surface area contributed by atoms with E-state index in [9.17, 15) is 18.0 Å². The van der Waals surface area contributed by atoms with E-state index in [2.05, 4.69) is 5.32 Å². The fraction of sp³-hybridized carbons (Fsp3) is 0.545. The van der Waals surface area contributed by atoms with Gasteiger partial charge in [0.1, 0.15) is 0 Å². The van der Waals surface area contributed by atoms with Gasteiger partial charge in [0.05, 0.1) is 4.88 Å². The Morgan fingerprint density at radius 3 is 2.61 bits per heavy atom. The molecule has 0 fully saturated rings. The zero-order valence-electron chi connectivity index (χ0n) is 9.93. The first-order valence-corrected chi connectivity index (χ1v) is 6.32. The smallest absolute Gasteiger partial charge is 0.389 e. The molecule has 3 N–H and O–H groups in total. The van der Waals surface area contributed by atoms with Gasteiger partial charge in [-0.2, -0.15) is 13.2 Å². The van der Waals surface area contributed by atoms with Crippen LogP contribution in [0.1, 0.15) is 33.8 Å². The van der Waals surface area contributed by atoms with Crippen LogP contribution in [-0.2, 0) is 0 Å². The lowest BCUT2D eigenvalue weighted by Gasteiger charge is -2.06. The van der Waals surface area contributed by atoms with E-state index in [0.717, 1.165) is 4.88 Å². The van der Waals surface area contributed by atoms with Crippen molar-refractivity contribution < 1.29 is 18.0 Å². The Morgan fingerprint density at radius 1 is 1.44 bits per heavy atom. The molecule has 0 saturated heterocycles. The number of nitrogens with two attached hydrogens (primary N) is 1. The highest BCUT2D eigenvalue weighted by molar-refractivity contribution is 7.14. The molecule has 0 aliphatic rings. The van der Waals surface area contributed by atoms with Crippen LogP contribution >= 0.6 is 11.3 Å². The molecule has 18 heavy (non-hydrogen) atoms. The maximum Gasteiger partial charge on any atom is 0.389 e. The molecule has 0 aliphatic carbocycles. The van der Waals surface area contributed by atoms with Crippen LogP contribution in [0.25, 0.3) is 0 Å². The van der Waals surface area contributed by atoms with Crippen molar-refractivity contribution in [2.45, 2.75) is 32.4 Å². The molecule has 0 atom stereocenters. The maximum absolute atomic E-state index is 11.9. The summed E-state index contributed by atoms with van der Waals surface area (Å²) in [6.45, 7) is 2.05. The minimum atomic E-state index is -4.12. The Balaban J connectivity index is 2.26. The molecule has 0 spiro atoms. The molecule has 1 amide bonds. The van der Waals surface area contributed by atoms with Gasteiger partial charge in [-0.25, -0.2) is 0 Å². The number of halogens is 3. The maximum atomic E-state index is 11.9. The number of rotatable bonds is 5. The van der Waals surface area contributed by atoms with Crippen molar-refractivity contribution in [2.75, 3.05) is 12.3 Å². The van der Waals surface area contributed by atoms with Gasteiger partial charge in [-0.05, 0) is 25.8 Å². The number of alkyl halides is 3. The number of unbranched alkanes of at least 4 members (excludes halogenated alkanes) is 1. The third-order valence-electron chi connectivity index (χ3n) is 2.35.